The summed E-state index contributed by atoms with van der Waals surface area (Å²) in [5, 5.41) is 7.34. The Morgan fingerprint density at radius 3 is 2.11 bits per heavy atom. The maximum Gasteiger partial charge on any atom is 0.259 e. The number of hydrogen-bond acceptors (Lipinski definition) is 11. The molecule has 3 heterocycles. The number of pyridine rings is 2. The molecule has 1 aliphatic heterocycles. The van der Waals surface area contributed by atoms with Crippen LogP contribution < -0.4 is 25.7 Å². The Morgan fingerprint density at radius 2 is 1.48 bits per heavy atom. The average Bonchev–Trinajstić information content (AvgIpc) is 3.07. The zero-order valence-electron chi connectivity index (χ0n) is 27.5. The molecule has 1 aliphatic rings. The van der Waals surface area contributed by atoms with Gasteiger partial charge in [0.25, 0.3) is 5.56 Å². The summed E-state index contributed by atoms with van der Waals surface area (Å²) in [6.45, 7) is 8.67. The Bertz CT molecular complexity index is 1430. The number of benzene rings is 1. The number of nitrogens with one attached hydrogen (secondary N) is 2. The third kappa shape index (κ3) is 9.95. The van der Waals surface area contributed by atoms with E-state index in [9.17, 15) is 9.59 Å². The molecule has 0 atom stereocenters. The van der Waals surface area contributed by atoms with Crippen molar-refractivity contribution in [1.29, 1.82) is 0 Å². The molecule has 13 nitrogen and oxygen atoms in total. The van der Waals surface area contributed by atoms with Crippen molar-refractivity contribution in [3.05, 3.63) is 52.7 Å². The molecular formula is C33H48N6O7. The molecule has 1 saturated heterocycles. The number of hydrogen-bond donors (Lipinski definition) is 2. The van der Waals surface area contributed by atoms with E-state index in [1.165, 1.54) is 0 Å². The van der Waals surface area contributed by atoms with Gasteiger partial charge < -0.3 is 38.9 Å². The third-order valence-electron chi connectivity index (χ3n) is 7.93. The number of fused-ring (bicyclic) bond motifs is 1. The summed E-state index contributed by atoms with van der Waals surface area (Å²) in [5.74, 6) is 1.43. The zero-order chi connectivity index (χ0) is 32.7. The maximum absolute atomic E-state index is 12.7. The van der Waals surface area contributed by atoms with E-state index >= 15 is 0 Å². The monoisotopic (exact) mass is 640 g/mol. The van der Waals surface area contributed by atoms with Crippen molar-refractivity contribution in [3.63, 3.8) is 0 Å². The zero-order valence-corrected chi connectivity index (χ0v) is 27.5. The second kappa shape index (κ2) is 18.5. The molecule has 252 valence electrons. The third-order valence-corrected chi connectivity index (χ3v) is 7.93. The van der Waals surface area contributed by atoms with Crippen LogP contribution in [0.15, 0.2) is 41.6 Å². The second-order valence-corrected chi connectivity index (χ2v) is 11.1. The van der Waals surface area contributed by atoms with E-state index in [0.717, 1.165) is 66.3 Å². The van der Waals surface area contributed by atoms with Gasteiger partial charge in [-0.2, -0.15) is 0 Å². The van der Waals surface area contributed by atoms with Crippen molar-refractivity contribution in [3.8, 4) is 22.6 Å². The minimum absolute atomic E-state index is 0.00679. The molecule has 1 amide bonds. The SMILES string of the molecule is CNCCOCCOCCOCCNC(=O)CN1CCN(Cc2c(OC)cc(-c3cn(C)c(=O)c4cnccc34)cc2OC)CC1. The standard InChI is InChI=1S/C33H48N6O7/c1-34-7-13-44-15-17-46-18-16-45-14-8-36-32(40)24-39-11-9-38(10-12-39)23-29-30(42-3)19-25(20-31(29)43-4)28-22-37(2)33(41)27-21-35-6-5-26(27)28/h5-6,19-22,34H,7-18,23-24H2,1-4H3,(H,36,40). The number of ether oxygens (including phenoxy) is 5. The number of carbonyl (C=O) groups is 1. The summed E-state index contributed by atoms with van der Waals surface area (Å²) >= 11 is 0. The molecule has 1 aromatic carbocycles. The first-order valence-electron chi connectivity index (χ1n) is 15.7. The Kier molecular flexibility index (Phi) is 14.2. The minimum atomic E-state index is -0.0944. The summed E-state index contributed by atoms with van der Waals surface area (Å²) in [6, 6.07) is 5.85. The summed E-state index contributed by atoms with van der Waals surface area (Å²) in [5.41, 5.74) is 2.65. The van der Waals surface area contributed by atoms with Crippen LogP contribution in [0.2, 0.25) is 0 Å². The van der Waals surface area contributed by atoms with Gasteiger partial charge in [0.15, 0.2) is 0 Å². The highest BCUT2D eigenvalue weighted by Gasteiger charge is 2.23. The molecule has 13 heteroatoms. The highest BCUT2D eigenvalue weighted by Crippen LogP contribution is 2.37. The lowest BCUT2D eigenvalue weighted by Crippen LogP contribution is -2.49. The van der Waals surface area contributed by atoms with E-state index in [0.29, 0.717) is 64.7 Å². The largest absolute Gasteiger partial charge is 0.496 e. The Hall–Kier alpha value is -3.59. The quantitative estimate of drug-likeness (QED) is 0.183. The van der Waals surface area contributed by atoms with Gasteiger partial charge in [0, 0.05) is 77.0 Å². The predicted molar refractivity (Wildman–Crippen MR) is 177 cm³/mol. The van der Waals surface area contributed by atoms with E-state index in [2.05, 4.69) is 25.4 Å². The fourth-order valence-electron chi connectivity index (χ4n) is 5.40. The van der Waals surface area contributed by atoms with E-state index in [4.69, 9.17) is 23.7 Å². The lowest BCUT2D eigenvalue weighted by molar-refractivity contribution is -0.123. The first kappa shape index (κ1) is 35.3. The maximum atomic E-state index is 12.7. The van der Waals surface area contributed by atoms with Gasteiger partial charge in [-0.15, -0.1) is 0 Å². The number of rotatable bonds is 19. The molecule has 3 aromatic rings. The molecular weight excluding hydrogens is 592 g/mol. The van der Waals surface area contributed by atoms with Gasteiger partial charge >= 0.3 is 0 Å². The van der Waals surface area contributed by atoms with Gasteiger partial charge in [0.05, 0.1) is 71.4 Å². The van der Waals surface area contributed by atoms with Crippen LogP contribution in [0, 0.1) is 0 Å². The normalized spacial score (nSPS) is 14.1. The average molecular weight is 641 g/mol. The number of amides is 1. The smallest absolute Gasteiger partial charge is 0.259 e. The van der Waals surface area contributed by atoms with Gasteiger partial charge in [-0.25, -0.2) is 0 Å². The lowest BCUT2D eigenvalue weighted by Gasteiger charge is -2.34. The summed E-state index contributed by atoms with van der Waals surface area (Å²) in [7, 11) is 6.94. The van der Waals surface area contributed by atoms with E-state index < -0.39 is 0 Å². The molecule has 4 rings (SSSR count). The highest BCUT2D eigenvalue weighted by atomic mass is 16.5. The van der Waals surface area contributed by atoms with Gasteiger partial charge in [0.2, 0.25) is 5.91 Å². The number of piperazine rings is 1. The number of methoxy groups -OCH3 is 2. The highest BCUT2D eigenvalue weighted by molar-refractivity contribution is 5.95. The topological polar surface area (TPSA) is 129 Å². The van der Waals surface area contributed by atoms with Gasteiger partial charge in [-0.3, -0.25) is 24.4 Å². The van der Waals surface area contributed by atoms with E-state index in [-0.39, 0.29) is 11.5 Å². The fourth-order valence-corrected chi connectivity index (χ4v) is 5.40. The van der Waals surface area contributed by atoms with Crippen LogP contribution >= 0.6 is 0 Å². The molecule has 0 aliphatic carbocycles. The van der Waals surface area contributed by atoms with Crippen molar-refractivity contribution >= 4 is 16.7 Å². The van der Waals surface area contributed by atoms with Crippen LogP contribution in [0.1, 0.15) is 5.56 Å². The second-order valence-electron chi connectivity index (χ2n) is 11.1. The van der Waals surface area contributed by atoms with Crippen LogP contribution in [-0.2, 0) is 32.6 Å². The lowest BCUT2D eigenvalue weighted by atomic mass is 9.99. The molecule has 2 aromatic heterocycles. The van der Waals surface area contributed by atoms with Crippen molar-refractivity contribution in [1.82, 2.24) is 30.0 Å². The number of nitrogens with zero attached hydrogens (tertiary/aromatic N) is 4. The number of likely N-dealkylation sites (N-methyl/N-ethyl adjacent to an activating group) is 1. The molecule has 1 fully saturated rings. The Morgan fingerprint density at radius 1 is 0.870 bits per heavy atom. The van der Waals surface area contributed by atoms with Crippen LogP contribution in [-0.4, -0.2) is 132 Å². The first-order chi connectivity index (χ1) is 22.4. The Labute approximate surface area is 270 Å². The van der Waals surface area contributed by atoms with Crippen LogP contribution in [0.5, 0.6) is 11.5 Å². The molecule has 0 unspecified atom stereocenters. The van der Waals surface area contributed by atoms with Gasteiger partial charge in [-0.1, -0.05) is 0 Å². The molecule has 2 N–H and O–H groups in total. The van der Waals surface area contributed by atoms with Crippen molar-refractivity contribution in [2.24, 2.45) is 7.05 Å². The predicted octanol–water partition coefficient (Wildman–Crippen LogP) is 1.12. The van der Waals surface area contributed by atoms with Crippen LogP contribution in [0.25, 0.3) is 21.9 Å². The Balaban J connectivity index is 1.22. The summed E-state index contributed by atoms with van der Waals surface area (Å²) in [4.78, 5) is 33.8. The fraction of sp³-hybridized carbons (Fsp3) is 0.545. The van der Waals surface area contributed by atoms with Crippen molar-refractivity contribution in [2.45, 2.75) is 6.54 Å². The molecule has 46 heavy (non-hydrogen) atoms. The summed E-state index contributed by atoms with van der Waals surface area (Å²) < 4.78 is 29.7. The molecule has 0 spiro atoms. The summed E-state index contributed by atoms with van der Waals surface area (Å²) in [6.07, 6.45) is 5.13. The number of aryl methyl sites for hydroxylation is 1. The van der Waals surface area contributed by atoms with E-state index in [1.807, 2.05) is 31.4 Å². The van der Waals surface area contributed by atoms with Crippen molar-refractivity contribution < 1.29 is 28.5 Å². The minimum Gasteiger partial charge on any atom is -0.496 e. The van der Waals surface area contributed by atoms with Gasteiger partial charge in [0.1, 0.15) is 11.5 Å². The first-order valence-corrected chi connectivity index (χ1v) is 15.7. The van der Waals surface area contributed by atoms with Crippen molar-refractivity contribution in [2.75, 3.05) is 107 Å². The molecule has 0 bridgehead atoms. The number of carbonyl (C=O) groups excluding carboxylic acids is 1. The molecule has 0 saturated carbocycles. The number of aromatic nitrogens is 2. The molecule has 0 radical (unpaired) electrons. The van der Waals surface area contributed by atoms with Crippen LogP contribution in [0.3, 0.4) is 0 Å². The van der Waals surface area contributed by atoms with Gasteiger partial charge in [-0.05, 0) is 36.2 Å². The van der Waals surface area contributed by atoms with Crippen LogP contribution in [0.4, 0.5) is 0 Å². The van der Waals surface area contributed by atoms with E-state index in [1.54, 1.807) is 38.2 Å².